The van der Waals surface area contributed by atoms with Crippen LogP contribution < -0.4 is 19.5 Å². The van der Waals surface area contributed by atoms with Gasteiger partial charge in [-0.15, -0.1) is 0 Å². The van der Waals surface area contributed by atoms with Gasteiger partial charge in [0.1, 0.15) is 5.82 Å². The number of aromatic nitrogens is 3. The van der Waals surface area contributed by atoms with Gasteiger partial charge in [0.25, 0.3) is 0 Å². The van der Waals surface area contributed by atoms with Gasteiger partial charge < -0.3 is 19.5 Å². The van der Waals surface area contributed by atoms with Crippen LogP contribution in [0, 0.1) is 0 Å². The molecule has 0 aliphatic carbocycles. The largest absolute Gasteiger partial charge is 0.493 e. The van der Waals surface area contributed by atoms with Gasteiger partial charge in [0.15, 0.2) is 17.3 Å². The molecule has 1 aromatic carbocycles. The van der Waals surface area contributed by atoms with Crippen molar-refractivity contribution < 1.29 is 14.2 Å². The third-order valence-corrected chi connectivity index (χ3v) is 3.97. The van der Waals surface area contributed by atoms with Gasteiger partial charge in [0, 0.05) is 11.5 Å². The molecule has 0 fully saturated rings. The van der Waals surface area contributed by atoms with Crippen LogP contribution in [-0.2, 0) is 12.0 Å². The second kappa shape index (κ2) is 7.74. The Hall–Kier alpha value is -2.28. The van der Waals surface area contributed by atoms with Crippen LogP contribution in [0.15, 0.2) is 12.1 Å². The number of nitrogens with zero attached hydrogens (tertiary/aromatic N) is 2. The van der Waals surface area contributed by atoms with Crippen LogP contribution in [-0.4, -0.2) is 36.5 Å². The molecule has 7 nitrogen and oxygen atoms in total. The highest BCUT2D eigenvalue weighted by Gasteiger charge is 2.20. The van der Waals surface area contributed by atoms with Gasteiger partial charge in [-0.05, 0) is 24.6 Å². The zero-order valence-corrected chi connectivity index (χ0v) is 16.1. The molecule has 1 atom stereocenters. The number of hydrogen-bond donors (Lipinski definition) is 2. The summed E-state index contributed by atoms with van der Waals surface area (Å²) < 4.78 is 16.2. The van der Waals surface area contributed by atoms with E-state index in [1.165, 1.54) is 0 Å². The highest BCUT2D eigenvalue weighted by atomic mass is 16.5. The molecule has 2 rings (SSSR count). The molecule has 0 amide bonds. The molecule has 0 spiro atoms. The van der Waals surface area contributed by atoms with Crippen molar-refractivity contribution in [2.24, 2.45) is 0 Å². The van der Waals surface area contributed by atoms with Crippen LogP contribution in [0.5, 0.6) is 17.2 Å². The fourth-order valence-electron chi connectivity index (χ4n) is 2.43. The Kier molecular flexibility index (Phi) is 5.89. The van der Waals surface area contributed by atoms with Crippen molar-refractivity contribution in [1.82, 2.24) is 20.5 Å². The third-order valence-electron chi connectivity index (χ3n) is 3.97. The van der Waals surface area contributed by atoms with E-state index in [2.05, 4.69) is 48.2 Å². The summed E-state index contributed by atoms with van der Waals surface area (Å²) in [5, 5.41) is 10.7. The molecule has 0 radical (unpaired) electrons. The lowest BCUT2D eigenvalue weighted by Crippen LogP contribution is -2.19. The maximum atomic E-state index is 5.41. The standard InChI is InChI=1S/C18H28N4O3/c1-11(19-10-15-20-17(22-21-15)18(2,3)4)12-8-13(23-5)16(25-7)14(9-12)24-6/h8-9,11,19H,10H2,1-7H3,(H,20,21,22). The van der Waals surface area contributed by atoms with Crippen LogP contribution in [0.1, 0.15) is 50.9 Å². The van der Waals surface area contributed by atoms with Crippen molar-refractivity contribution >= 4 is 0 Å². The number of methoxy groups -OCH3 is 3. The number of H-pyrrole nitrogens is 1. The van der Waals surface area contributed by atoms with E-state index in [4.69, 9.17) is 14.2 Å². The molecular formula is C18H28N4O3. The van der Waals surface area contributed by atoms with Crippen molar-refractivity contribution in [2.45, 2.75) is 45.7 Å². The van der Waals surface area contributed by atoms with Gasteiger partial charge in [-0.2, -0.15) is 5.10 Å². The molecule has 25 heavy (non-hydrogen) atoms. The Bertz CT molecular complexity index is 682. The number of rotatable bonds is 7. The average molecular weight is 348 g/mol. The second-order valence-corrected chi connectivity index (χ2v) is 6.92. The van der Waals surface area contributed by atoms with Gasteiger partial charge in [-0.25, -0.2) is 4.98 Å². The molecule has 1 heterocycles. The van der Waals surface area contributed by atoms with Crippen molar-refractivity contribution in [3.63, 3.8) is 0 Å². The molecular weight excluding hydrogens is 320 g/mol. The molecule has 0 bridgehead atoms. The molecule has 0 saturated heterocycles. The summed E-state index contributed by atoms with van der Waals surface area (Å²) in [6.45, 7) is 8.92. The van der Waals surface area contributed by atoms with Crippen LogP contribution >= 0.6 is 0 Å². The second-order valence-electron chi connectivity index (χ2n) is 6.92. The Morgan fingerprint density at radius 2 is 1.68 bits per heavy atom. The normalized spacial score (nSPS) is 12.8. The Labute approximate surface area is 149 Å². The summed E-state index contributed by atoms with van der Waals surface area (Å²) in [5.41, 5.74) is 0.960. The van der Waals surface area contributed by atoms with E-state index >= 15 is 0 Å². The molecule has 138 valence electrons. The molecule has 1 aromatic heterocycles. The molecule has 0 aliphatic heterocycles. The van der Waals surface area contributed by atoms with Crippen LogP contribution in [0.4, 0.5) is 0 Å². The van der Waals surface area contributed by atoms with E-state index in [-0.39, 0.29) is 11.5 Å². The minimum absolute atomic E-state index is 0.0666. The summed E-state index contributed by atoms with van der Waals surface area (Å²) in [5.74, 6) is 3.49. The maximum Gasteiger partial charge on any atom is 0.203 e. The molecule has 2 aromatic rings. The number of aromatic amines is 1. The van der Waals surface area contributed by atoms with Crippen LogP contribution in [0.3, 0.4) is 0 Å². The van der Waals surface area contributed by atoms with Crippen molar-refractivity contribution in [3.05, 3.63) is 29.3 Å². The Morgan fingerprint density at radius 3 is 2.12 bits per heavy atom. The quantitative estimate of drug-likeness (QED) is 0.801. The maximum absolute atomic E-state index is 5.41. The summed E-state index contributed by atoms with van der Waals surface area (Å²) in [7, 11) is 4.82. The van der Waals surface area contributed by atoms with Crippen LogP contribution in [0.25, 0.3) is 0 Å². The van der Waals surface area contributed by atoms with E-state index in [0.717, 1.165) is 17.2 Å². The minimum atomic E-state index is -0.0723. The lowest BCUT2D eigenvalue weighted by atomic mass is 9.96. The van der Waals surface area contributed by atoms with Gasteiger partial charge in [0.2, 0.25) is 5.75 Å². The minimum Gasteiger partial charge on any atom is -0.493 e. The van der Waals surface area contributed by atoms with Gasteiger partial charge in [-0.3, -0.25) is 5.10 Å². The fourth-order valence-corrected chi connectivity index (χ4v) is 2.43. The zero-order valence-electron chi connectivity index (χ0n) is 16.1. The Balaban J connectivity index is 2.13. The lowest BCUT2D eigenvalue weighted by molar-refractivity contribution is 0.323. The van der Waals surface area contributed by atoms with E-state index < -0.39 is 0 Å². The molecule has 2 N–H and O–H groups in total. The molecule has 0 aliphatic rings. The number of nitrogens with one attached hydrogen (secondary N) is 2. The lowest BCUT2D eigenvalue weighted by Gasteiger charge is -2.18. The van der Waals surface area contributed by atoms with Gasteiger partial charge in [0.05, 0.1) is 27.9 Å². The first kappa shape index (κ1) is 19.1. The van der Waals surface area contributed by atoms with E-state index in [0.29, 0.717) is 23.8 Å². The number of ether oxygens (including phenoxy) is 3. The summed E-state index contributed by atoms with van der Waals surface area (Å²) >= 11 is 0. The summed E-state index contributed by atoms with van der Waals surface area (Å²) in [6.07, 6.45) is 0. The fraction of sp³-hybridized carbons (Fsp3) is 0.556. The van der Waals surface area contributed by atoms with E-state index in [1.807, 2.05) is 12.1 Å². The molecule has 0 saturated carbocycles. The summed E-state index contributed by atoms with van der Waals surface area (Å²) in [4.78, 5) is 4.54. The van der Waals surface area contributed by atoms with Crippen molar-refractivity contribution in [1.29, 1.82) is 0 Å². The topological polar surface area (TPSA) is 81.3 Å². The predicted molar refractivity (Wildman–Crippen MR) is 96.4 cm³/mol. The molecule has 7 heteroatoms. The van der Waals surface area contributed by atoms with Gasteiger partial charge >= 0.3 is 0 Å². The first-order valence-electron chi connectivity index (χ1n) is 8.25. The van der Waals surface area contributed by atoms with E-state index in [9.17, 15) is 0 Å². The average Bonchev–Trinajstić information content (AvgIpc) is 3.07. The first-order valence-corrected chi connectivity index (χ1v) is 8.25. The summed E-state index contributed by atoms with van der Waals surface area (Å²) in [6, 6.07) is 3.96. The highest BCUT2D eigenvalue weighted by Crippen LogP contribution is 2.39. The monoisotopic (exact) mass is 348 g/mol. The number of hydrogen-bond acceptors (Lipinski definition) is 6. The number of benzene rings is 1. The molecule has 1 unspecified atom stereocenters. The first-order chi connectivity index (χ1) is 11.8. The van der Waals surface area contributed by atoms with Crippen molar-refractivity contribution in [2.75, 3.05) is 21.3 Å². The van der Waals surface area contributed by atoms with Gasteiger partial charge in [-0.1, -0.05) is 20.8 Å². The van der Waals surface area contributed by atoms with Crippen molar-refractivity contribution in [3.8, 4) is 17.2 Å². The smallest absolute Gasteiger partial charge is 0.203 e. The predicted octanol–water partition coefficient (Wildman–Crippen LogP) is 2.98. The van der Waals surface area contributed by atoms with Crippen LogP contribution in [0.2, 0.25) is 0 Å². The van der Waals surface area contributed by atoms with E-state index in [1.54, 1.807) is 21.3 Å². The SMILES string of the molecule is COc1cc(C(C)NCc2nc(C(C)(C)C)n[nH]2)cc(OC)c1OC. The Morgan fingerprint density at radius 1 is 1.08 bits per heavy atom. The third kappa shape index (κ3) is 4.42. The highest BCUT2D eigenvalue weighted by molar-refractivity contribution is 5.54. The zero-order chi connectivity index (χ0) is 18.6.